The van der Waals surface area contributed by atoms with Crippen molar-refractivity contribution in [2.24, 2.45) is 0 Å². The third-order valence-corrected chi connectivity index (χ3v) is 3.21. The Morgan fingerprint density at radius 2 is 2.00 bits per heavy atom. The summed E-state index contributed by atoms with van der Waals surface area (Å²) in [5, 5.41) is 20.1. The fraction of sp³-hybridized carbons (Fsp3) is 0. The van der Waals surface area contributed by atoms with E-state index < -0.39 is 4.92 Å². The number of hydrogen-bond donors (Lipinski definition) is 0. The molecule has 0 atom stereocenters. The van der Waals surface area contributed by atoms with Gasteiger partial charge in [-0.2, -0.15) is 5.26 Å². The van der Waals surface area contributed by atoms with Gasteiger partial charge in [-0.15, -0.1) is 0 Å². The molecular weight excluding hydrogens is 348 g/mol. The molecule has 0 radical (unpaired) electrons. The summed E-state index contributed by atoms with van der Waals surface area (Å²) in [5.74, 6) is 0.560. The molecule has 0 aromatic heterocycles. The number of ether oxygens (including phenoxy) is 1. The van der Waals surface area contributed by atoms with Gasteiger partial charge < -0.3 is 4.74 Å². The Kier molecular flexibility index (Phi) is 4.23. The maximum absolute atomic E-state index is 10.7. The first-order chi connectivity index (χ1) is 9.51. The van der Waals surface area contributed by atoms with Crippen LogP contribution >= 0.6 is 27.5 Å². The topological polar surface area (TPSA) is 76.2 Å². The smallest absolute Gasteiger partial charge is 0.271 e. The second-order valence-electron chi connectivity index (χ2n) is 3.73. The highest BCUT2D eigenvalue weighted by Crippen LogP contribution is 2.34. The van der Waals surface area contributed by atoms with E-state index in [-0.39, 0.29) is 17.0 Å². The predicted molar refractivity (Wildman–Crippen MR) is 77.0 cm³/mol. The molecule has 0 heterocycles. The lowest BCUT2D eigenvalue weighted by atomic mass is 10.2. The quantitative estimate of drug-likeness (QED) is 0.593. The molecule has 0 unspecified atom stereocenters. The van der Waals surface area contributed by atoms with Crippen molar-refractivity contribution in [2.45, 2.75) is 0 Å². The molecule has 2 aromatic rings. The van der Waals surface area contributed by atoms with Gasteiger partial charge in [0.1, 0.15) is 23.1 Å². The number of nitrogens with zero attached hydrogens (tertiary/aromatic N) is 2. The molecule has 7 heteroatoms. The van der Waals surface area contributed by atoms with Gasteiger partial charge in [0.05, 0.1) is 9.95 Å². The molecular formula is C13H6BrClN2O3. The van der Waals surface area contributed by atoms with Crippen LogP contribution in [-0.2, 0) is 0 Å². The van der Waals surface area contributed by atoms with Gasteiger partial charge in [-0.05, 0) is 24.3 Å². The van der Waals surface area contributed by atoms with Gasteiger partial charge in [-0.3, -0.25) is 10.1 Å². The average Bonchev–Trinajstić information content (AvgIpc) is 2.43. The van der Waals surface area contributed by atoms with Crippen LogP contribution < -0.4 is 4.74 Å². The second kappa shape index (κ2) is 5.90. The van der Waals surface area contributed by atoms with Crippen LogP contribution in [-0.4, -0.2) is 4.92 Å². The minimum absolute atomic E-state index is 0.0650. The number of benzene rings is 2. The molecule has 0 aliphatic rings. The zero-order valence-electron chi connectivity index (χ0n) is 9.84. The van der Waals surface area contributed by atoms with Gasteiger partial charge in [0.25, 0.3) is 5.69 Å². The minimum atomic E-state index is -0.573. The van der Waals surface area contributed by atoms with Crippen LogP contribution in [0.15, 0.2) is 40.9 Å². The molecule has 0 bridgehead atoms. The summed E-state index contributed by atoms with van der Waals surface area (Å²) in [5.41, 5.74) is -0.107. The highest BCUT2D eigenvalue weighted by atomic mass is 79.9. The fourth-order valence-corrected chi connectivity index (χ4v) is 1.98. The highest BCUT2D eigenvalue weighted by molar-refractivity contribution is 9.10. The lowest BCUT2D eigenvalue weighted by Crippen LogP contribution is -1.93. The Labute approximate surface area is 127 Å². The molecule has 2 aromatic carbocycles. The summed E-state index contributed by atoms with van der Waals surface area (Å²) in [6, 6.07) is 10.7. The van der Waals surface area contributed by atoms with Gasteiger partial charge in [0.2, 0.25) is 0 Å². The number of non-ortho nitro benzene ring substituents is 1. The number of nitro groups is 1. The van der Waals surface area contributed by atoms with Crippen LogP contribution in [0.3, 0.4) is 0 Å². The van der Waals surface area contributed by atoms with Gasteiger partial charge >= 0.3 is 0 Å². The van der Waals surface area contributed by atoms with Crippen LogP contribution in [0.1, 0.15) is 5.56 Å². The Bertz CT molecular complexity index is 728. The third-order valence-electron chi connectivity index (χ3n) is 2.41. The maximum atomic E-state index is 10.7. The molecule has 2 rings (SSSR count). The Morgan fingerprint density at radius 1 is 1.25 bits per heavy atom. The van der Waals surface area contributed by atoms with E-state index in [0.29, 0.717) is 10.8 Å². The van der Waals surface area contributed by atoms with Crippen molar-refractivity contribution < 1.29 is 9.66 Å². The third kappa shape index (κ3) is 3.07. The van der Waals surface area contributed by atoms with Gasteiger partial charge in [0, 0.05) is 16.6 Å². The summed E-state index contributed by atoms with van der Waals surface area (Å²) in [7, 11) is 0. The first kappa shape index (κ1) is 14.3. The maximum Gasteiger partial charge on any atom is 0.271 e. The van der Waals surface area contributed by atoms with Crippen LogP contribution in [0.2, 0.25) is 5.02 Å². The molecule has 0 aliphatic heterocycles. The van der Waals surface area contributed by atoms with E-state index in [1.165, 1.54) is 12.1 Å². The number of halogens is 2. The SMILES string of the molecule is N#Cc1cc([N+](=O)[O-])ccc1Oc1cc(Br)ccc1Cl. The molecule has 0 saturated heterocycles. The zero-order chi connectivity index (χ0) is 14.7. The average molecular weight is 354 g/mol. The molecule has 20 heavy (non-hydrogen) atoms. The fourth-order valence-electron chi connectivity index (χ4n) is 1.48. The van der Waals surface area contributed by atoms with E-state index >= 15 is 0 Å². The summed E-state index contributed by atoms with van der Waals surface area (Å²) < 4.78 is 6.30. The molecule has 0 fully saturated rings. The van der Waals surface area contributed by atoms with Gasteiger partial charge in [0.15, 0.2) is 0 Å². The summed E-state index contributed by atoms with van der Waals surface area (Å²) in [6.07, 6.45) is 0. The Balaban J connectivity index is 2.41. The molecule has 5 nitrogen and oxygen atoms in total. The lowest BCUT2D eigenvalue weighted by molar-refractivity contribution is -0.384. The van der Waals surface area contributed by atoms with E-state index in [1.807, 2.05) is 6.07 Å². The van der Waals surface area contributed by atoms with Gasteiger partial charge in [-0.1, -0.05) is 27.5 Å². The van der Waals surface area contributed by atoms with Crippen molar-refractivity contribution in [3.63, 3.8) is 0 Å². The van der Waals surface area contributed by atoms with Crippen molar-refractivity contribution in [2.75, 3.05) is 0 Å². The largest absolute Gasteiger partial charge is 0.454 e. The molecule has 0 saturated carbocycles. The lowest BCUT2D eigenvalue weighted by Gasteiger charge is -2.09. The zero-order valence-corrected chi connectivity index (χ0v) is 12.2. The van der Waals surface area contributed by atoms with E-state index in [9.17, 15) is 10.1 Å². The van der Waals surface area contributed by atoms with Crippen molar-refractivity contribution in [3.8, 4) is 17.6 Å². The minimum Gasteiger partial charge on any atom is -0.454 e. The van der Waals surface area contributed by atoms with Crippen LogP contribution in [0.25, 0.3) is 0 Å². The van der Waals surface area contributed by atoms with Crippen LogP contribution in [0.4, 0.5) is 5.69 Å². The van der Waals surface area contributed by atoms with Crippen molar-refractivity contribution >= 4 is 33.2 Å². The molecule has 0 amide bonds. The summed E-state index contributed by atoms with van der Waals surface area (Å²) >= 11 is 9.27. The summed E-state index contributed by atoms with van der Waals surface area (Å²) in [6.45, 7) is 0. The van der Waals surface area contributed by atoms with Crippen LogP contribution in [0.5, 0.6) is 11.5 Å². The highest BCUT2D eigenvalue weighted by Gasteiger charge is 2.13. The normalized spacial score (nSPS) is 9.85. The van der Waals surface area contributed by atoms with E-state index in [2.05, 4.69) is 15.9 Å². The van der Waals surface area contributed by atoms with Crippen molar-refractivity contribution in [3.05, 3.63) is 61.6 Å². The molecule has 0 spiro atoms. The van der Waals surface area contributed by atoms with Crippen LogP contribution in [0, 0.1) is 21.4 Å². The molecule has 100 valence electrons. The Morgan fingerprint density at radius 3 is 2.65 bits per heavy atom. The number of hydrogen-bond acceptors (Lipinski definition) is 4. The molecule has 0 N–H and O–H groups in total. The number of rotatable bonds is 3. The first-order valence-electron chi connectivity index (χ1n) is 5.32. The van der Waals surface area contributed by atoms with E-state index in [1.54, 1.807) is 18.2 Å². The molecule has 0 aliphatic carbocycles. The number of nitro benzene ring substituents is 1. The summed E-state index contributed by atoms with van der Waals surface area (Å²) in [4.78, 5) is 10.1. The first-order valence-corrected chi connectivity index (χ1v) is 6.50. The van der Waals surface area contributed by atoms with Gasteiger partial charge in [-0.25, -0.2) is 0 Å². The Hall–Kier alpha value is -2.10. The van der Waals surface area contributed by atoms with Crippen molar-refractivity contribution in [1.82, 2.24) is 0 Å². The monoisotopic (exact) mass is 352 g/mol. The van der Waals surface area contributed by atoms with E-state index in [0.717, 1.165) is 10.5 Å². The van der Waals surface area contributed by atoms with Crippen molar-refractivity contribution in [1.29, 1.82) is 5.26 Å². The predicted octanol–water partition coefficient (Wildman–Crippen LogP) is 4.67. The van der Waals surface area contributed by atoms with E-state index in [4.69, 9.17) is 21.6 Å². The second-order valence-corrected chi connectivity index (χ2v) is 5.05. The number of nitriles is 1. The standard InChI is InChI=1S/C13H6BrClN2O3/c14-9-1-3-11(15)13(6-9)20-12-4-2-10(17(18)19)5-8(12)7-16/h1-6H.